The molecule has 5 heteroatoms. The van der Waals surface area contributed by atoms with Crippen LogP contribution in [0.3, 0.4) is 0 Å². The summed E-state index contributed by atoms with van der Waals surface area (Å²) in [5.41, 5.74) is -1.18. The SMILES string of the molecule is COC(=O)[C@](C)(c1ccccc1)N(O)O. The molecule has 0 heterocycles. The maximum Gasteiger partial charge on any atom is 0.335 e. The average Bonchev–Trinajstić information content (AvgIpc) is 2.27. The highest BCUT2D eigenvalue weighted by Crippen LogP contribution is 2.26. The van der Waals surface area contributed by atoms with Gasteiger partial charge in [-0.15, -0.1) is 0 Å². The minimum absolute atomic E-state index is 0.145. The van der Waals surface area contributed by atoms with Gasteiger partial charge in [-0.2, -0.15) is 0 Å². The van der Waals surface area contributed by atoms with Crippen LogP contribution in [-0.4, -0.2) is 28.7 Å². The highest BCUT2D eigenvalue weighted by molar-refractivity contribution is 5.81. The molecule has 82 valence electrons. The van der Waals surface area contributed by atoms with Crippen molar-refractivity contribution in [2.75, 3.05) is 7.11 Å². The van der Waals surface area contributed by atoms with Gasteiger partial charge in [0, 0.05) is 0 Å². The minimum atomic E-state index is -1.62. The van der Waals surface area contributed by atoms with Gasteiger partial charge in [0.1, 0.15) is 0 Å². The Labute approximate surface area is 87.4 Å². The summed E-state index contributed by atoms with van der Waals surface area (Å²) in [6.07, 6.45) is 0. The number of nitrogens with zero attached hydrogens (tertiary/aromatic N) is 1. The highest BCUT2D eigenvalue weighted by Gasteiger charge is 2.42. The summed E-state index contributed by atoms with van der Waals surface area (Å²) in [7, 11) is 1.19. The van der Waals surface area contributed by atoms with Crippen LogP contribution in [0, 0.1) is 0 Å². The normalized spacial score (nSPS) is 14.7. The Morgan fingerprint density at radius 3 is 2.27 bits per heavy atom. The lowest BCUT2D eigenvalue weighted by atomic mass is 9.93. The molecule has 0 bridgehead atoms. The molecule has 0 fully saturated rings. The highest BCUT2D eigenvalue weighted by atomic mass is 16.8. The molecule has 0 unspecified atom stereocenters. The van der Waals surface area contributed by atoms with Gasteiger partial charge in [0.15, 0.2) is 5.54 Å². The Morgan fingerprint density at radius 1 is 1.33 bits per heavy atom. The smallest absolute Gasteiger partial charge is 0.335 e. The zero-order valence-electron chi connectivity index (χ0n) is 8.54. The zero-order chi connectivity index (χ0) is 11.5. The molecule has 5 nitrogen and oxygen atoms in total. The molecule has 1 atom stereocenters. The summed E-state index contributed by atoms with van der Waals surface area (Å²) in [5, 5.41) is 18.1. The number of methoxy groups -OCH3 is 1. The maximum atomic E-state index is 11.5. The van der Waals surface area contributed by atoms with Crippen LogP contribution < -0.4 is 0 Å². The number of hydrogen-bond donors (Lipinski definition) is 2. The Morgan fingerprint density at radius 2 is 1.87 bits per heavy atom. The molecule has 0 spiro atoms. The summed E-state index contributed by atoms with van der Waals surface area (Å²) < 4.78 is 4.53. The molecule has 1 rings (SSSR count). The van der Waals surface area contributed by atoms with E-state index in [-0.39, 0.29) is 5.23 Å². The molecule has 0 saturated carbocycles. The molecular weight excluding hydrogens is 198 g/mol. The van der Waals surface area contributed by atoms with Gasteiger partial charge in [0.05, 0.1) is 7.11 Å². The van der Waals surface area contributed by atoms with Crippen molar-refractivity contribution < 1.29 is 19.9 Å². The monoisotopic (exact) mass is 211 g/mol. The molecule has 15 heavy (non-hydrogen) atoms. The number of carbonyl (C=O) groups excluding carboxylic acids is 1. The first-order valence-corrected chi connectivity index (χ1v) is 4.35. The van der Waals surface area contributed by atoms with Crippen molar-refractivity contribution in [1.29, 1.82) is 0 Å². The van der Waals surface area contributed by atoms with Gasteiger partial charge in [-0.25, -0.2) is 4.79 Å². The number of benzene rings is 1. The van der Waals surface area contributed by atoms with E-state index in [2.05, 4.69) is 4.74 Å². The maximum absolute atomic E-state index is 11.5. The van der Waals surface area contributed by atoms with Crippen LogP contribution in [0.25, 0.3) is 0 Å². The van der Waals surface area contributed by atoms with Crippen LogP contribution >= 0.6 is 0 Å². The quantitative estimate of drug-likeness (QED) is 0.579. The van der Waals surface area contributed by atoms with Crippen molar-refractivity contribution in [2.24, 2.45) is 0 Å². The van der Waals surface area contributed by atoms with E-state index in [0.29, 0.717) is 5.56 Å². The standard InChI is InChI=1S/C10H13NO4/c1-10(11(13)14,9(12)15-2)8-6-4-3-5-7-8/h3-7,13-14H,1-2H3/t10-/m0/s1. The van der Waals surface area contributed by atoms with Crippen LogP contribution in [0.4, 0.5) is 0 Å². The zero-order valence-corrected chi connectivity index (χ0v) is 8.54. The first kappa shape index (κ1) is 11.6. The fourth-order valence-electron chi connectivity index (χ4n) is 1.28. The third-order valence-electron chi connectivity index (χ3n) is 2.32. The van der Waals surface area contributed by atoms with Gasteiger partial charge in [-0.05, 0) is 17.7 Å². The summed E-state index contributed by atoms with van der Waals surface area (Å²) >= 11 is 0. The van der Waals surface area contributed by atoms with Crippen molar-refractivity contribution >= 4 is 5.97 Å². The van der Waals surface area contributed by atoms with E-state index < -0.39 is 11.5 Å². The van der Waals surface area contributed by atoms with Crippen molar-refractivity contribution in [3.63, 3.8) is 0 Å². The number of esters is 1. The van der Waals surface area contributed by atoms with Crippen LogP contribution in [0.1, 0.15) is 12.5 Å². The van der Waals surface area contributed by atoms with Crippen molar-refractivity contribution in [3.8, 4) is 0 Å². The third kappa shape index (κ3) is 1.99. The van der Waals surface area contributed by atoms with Gasteiger partial charge >= 0.3 is 5.97 Å². The van der Waals surface area contributed by atoms with Crippen LogP contribution in [0.5, 0.6) is 0 Å². The molecule has 0 saturated heterocycles. The minimum Gasteiger partial charge on any atom is -0.467 e. The molecule has 0 amide bonds. The molecule has 0 aliphatic carbocycles. The molecule has 2 N–H and O–H groups in total. The molecule has 0 aromatic heterocycles. The lowest BCUT2D eigenvalue weighted by molar-refractivity contribution is -0.358. The summed E-state index contributed by atoms with van der Waals surface area (Å²) in [4.78, 5) is 11.5. The van der Waals surface area contributed by atoms with Gasteiger partial charge in [0.2, 0.25) is 0 Å². The van der Waals surface area contributed by atoms with Crippen LogP contribution in [-0.2, 0) is 15.1 Å². The number of hydrogen-bond acceptors (Lipinski definition) is 5. The second kappa shape index (κ2) is 4.39. The Kier molecular flexibility index (Phi) is 3.41. The topological polar surface area (TPSA) is 70.0 Å². The summed E-state index contributed by atoms with van der Waals surface area (Å²) in [6, 6.07) is 8.37. The number of ether oxygens (including phenoxy) is 1. The molecule has 0 radical (unpaired) electrons. The molecule has 1 aromatic rings. The Bertz CT molecular complexity index is 339. The van der Waals surface area contributed by atoms with Crippen molar-refractivity contribution in [1.82, 2.24) is 5.23 Å². The van der Waals surface area contributed by atoms with E-state index in [9.17, 15) is 4.79 Å². The average molecular weight is 211 g/mol. The molecule has 0 aliphatic rings. The van der Waals surface area contributed by atoms with Gasteiger partial charge in [-0.3, -0.25) is 10.4 Å². The molecular formula is C10H13NO4. The second-order valence-electron chi connectivity index (χ2n) is 3.22. The number of carbonyl (C=O) groups is 1. The van der Waals surface area contributed by atoms with E-state index in [1.165, 1.54) is 14.0 Å². The van der Waals surface area contributed by atoms with E-state index in [0.717, 1.165) is 0 Å². The largest absolute Gasteiger partial charge is 0.467 e. The van der Waals surface area contributed by atoms with Gasteiger partial charge < -0.3 is 4.74 Å². The third-order valence-corrected chi connectivity index (χ3v) is 2.32. The van der Waals surface area contributed by atoms with Crippen LogP contribution in [0.2, 0.25) is 0 Å². The van der Waals surface area contributed by atoms with E-state index in [1.807, 2.05) is 0 Å². The van der Waals surface area contributed by atoms with Gasteiger partial charge in [-0.1, -0.05) is 30.3 Å². The predicted molar refractivity (Wildman–Crippen MR) is 51.2 cm³/mol. The van der Waals surface area contributed by atoms with E-state index in [1.54, 1.807) is 30.3 Å². The Hall–Kier alpha value is -1.43. The number of rotatable bonds is 3. The summed E-state index contributed by atoms with van der Waals surface area (Å²) in [6.45, 7) is 1.36. The fourth-order valence-corrected chi connectivity index (χ4v) is 1.28. The first-order chi connectivity index (χ1) is 7.03. The molecule has 1 aromatic carbocycles. The van der Waals surface area contributed by atoms with Crippen molar-refractivity contribution in [3.05, 3.63) is 35.9 Å². The fraction of sp³-hybridized carbons (Fsp3) is 0.300. The van der Waals surface area contributed by atoms with Crippen molar-refractivity contribution in [2.45, 2.75) is 12.5 Å². The lowest BCUT2D eigenvalue weighted by Crippen LogP contribution is -2.47. The lowest BCUT2D eigenvalue weighted by Gasteiger charge is -2.29. The van der Waals surface area contributed by atoms with E-state index in [4.69, 9.17) is 10.4 Å². The predicted octanol–water partition coefficient (Wildman–Crippen LogP) is 1.16. The summed E-state index contributed by atoms with van der Waals surface area (Å²) in [5.74, 6) is -0.751. The number of hydroxylamine groups is 2. The van der Waals surface area contributed by atoms with Gasteiger partial charge in [0.25, 0.3) is 0 Å². The van der Waals surface area contributed by atoms with Crippen LogP contribution in [0.15, 0.2) is 30.3 Å². The molecule has 0 aliphatic heterocycles. The second-order valence-corrected chi connectivity index (χ2v) is 3.22. The van der Waals surface area contributed by atoms with E-state index >= 15 is 0 Å². The Balaban J connectivity index is 3.19. The first-order valence-electron chi connectivity index (χ1n) is 4.35.